The molecule has 24 heavy (non-hydrogen) atoms. The van der Waals surface area contributed by atoms with Crippen LogP contribution in [-0.4, -0.2) is 64.6 Å². The van der Waals surface area contributed by atoms with Crippen molar-refractivity contribution in [1.29, 1.82) is 0 Å². The predicted molar refractivity (Wildman–Crippen MR) is 83.3 cm³/mol. The fraction of sp³-hybridized carbons (Fsp3) is 0.846. The van der Waals surface area contributed by atoms with Crippen LogP contribution >= 0.6 is 0 Å². The van der Waals surface area contributed by atoms with Crippen LogP contribution in [0.4, 0.5) is 4.79 Å². The first-order valence-electron chi connectivity index (χ1n) is 7.86. The summed E-state index contributed by atoms with van der Waals surface area (Å²) in [6, 6.07) is -2.23. The highest BCUT2D eigenvalue weighted by Crippen LogP contribution is 2.31. The fourth-order valence-corrected chi connectivity index (χ4v) is 3.66. The number of hydrogen-bond acceptors (Lipinski definition) is 6. The molecule has 0 radical (unpaired) electrons. The maximum absolute atomic E-state index is 12.6. The van der Waals surface area contributed by atoms with Crippen molar-refractivity contribution in [3.05, 3.63) is 0 Å². The highest BCUT2D eigenvalue weighted by Gasteiger charge is 2.50. The van der Waals surface area contributed by atoms with Gasteiger partial charge in [0.1, 0.15) is 6.04 Å². The molecule has 3 atom stereocenters. The zero-order valence-electron chi connectivity index (χ0n) is 14.0. The Labute approximate surface area is 141 Å². The van der Waals surface area contributed by atoms with Gasteiger partial charge in [-0.15, -0.1) is 4.28 Å². The number of hydroxylamine groups is 2. The van der Waals surface area contributed by atoms with Gasteiger partial charge in [-0.2, -0.15) is 13.5 Å². The van der Waals surface area contributed by atoms with Gasteiger partial charge in [0.15, 0.2) is 0 Å². The van der Waals surface area contributed by atoms with E-state index in [1.807, 2.05) is 20.8 Å². The standard InChI is InChI=1S/C13H24N4O6S/c1-8(2)6-9(3)16(14)12(18)11-5-4-10-7-15(11)13(19)17(10)23-24(20,21)22/h8-11H,4-7,14H2,1-3H3,(H,20,21,22)/t9?,10-,11+/m1/s1. The molecule has 0 aromatic carbocycles. The second kappa shape index (κ2) is 6.82. The van der Waals surface area contributed by atoms with E-state index in [2.05, 4.69) is 4.28 Å². The summed E-state index contributed by atoms with van der Waals surface area (Å²) in [6.07, 6.45) is 1.45. The Balaban J connectivity index is 2.09. The molecule has 0 aromatic heterocycles. The minimum atomic E-state index is -4.80. The number of amides is 3. The highest BCUT2D eigenvalue weighted by molar-refractivity contribution is 7.80. The quantitative estimate of drug-likeness (QED) is 0.296. The maximum atomic E-state index is 12.6. The SMILES string of the molecule is CC(C)CC(C)N(N)C(=O)[C@@H]1CC[C@@H]2CN1C(=O)N2OS(=O)(=O)O. The summed E-state index contributed by atoms with van der Waals surface area (Å²) in [5.41, 5.74) is 0. The molecule has 0 saturated carbocycles. The summed E-state index contributed by atoms with van der Waals surface area (Å²) >= 11 is 0. The first-order valence-corrected chi connectivity index (χ1v) is 9.22. The molecule has 0 aliphatic carbocycles. The van der Waals surface area contributed by atoms with Crippen LogP contribution in [0, 0.1) is 5.92 Å². The minimum Gasteiger partial charge on any atom is -0.309 e. The first-order chi connectivity index (χ1) is 11.0. The van der Waals surface area contributed by atoms with E-state index in [4.69, 9.17) is 10.4 Å². The van der Waals surface area contributed by atoms with Gasteiger partial charge >= 0.3 is 16.4 Å². The molecule has 2 aliphatic heterocycles. The summed E-state index contributed by atoms with van der Waals surface area (Å²) in [6.45, 7) is 6.03. The third kappa shape index (κ3) is 3.97. The molecule has 2 heterocycles. The van der Waals surface area contributed by atoms with E-state index in [0.29, 0.717) is 23.8 Å². The van der Waals surface area contributed by atoms with E-state index in [1.165, 1.54) is 4.90 Å². The predicted octanol–water partition coefficient (Wildman–Crippen LogP) is 0.126. The lowest BCUT2D eigenvalue weighted by Crippen LogP contribution is -2.56. The van der Waals surface area contributed by atoms with Crippen LogP contribution in [0.3, 0.4) is 0 Å². The van der Waals surface area contributed by atoms with E-state index < -0.39 is 28.5 Å². The molecule has 3 amide bonds. The molecule has 3 N–H and O–H groups in total. The Hall–Kier alpha value is -1.43. The maximum Gasteiger partial charge on any atom is 0.418 e. The fourth-order valence-electron chi connectivity index (χ4n) is 3.27. The normalized spacial score (nSPS) is 25.3. The third-order valence-corrected chi connectivity index (χ3v) is 4.67. The molecular formula is C13H24N4O6S. The van der Waals surface area contributed by atoms with Crippen LogP contribution in [0.2, 0.25) is 0 Å². The lowest BCUT2D eigenvalue weighted by molar-refractivity contribution is -0.139. The van der Waals surface area contributed by atoms with Gasteiger partial charge in [0.2, 0.25) is 0 Å². The van der Waals surface area contributed by atoms with Crippen molar-refractivity contribution >= 4 is 22.3 Å². The summed E-state index contributed by atoms with van der Waals surface area (Å²) in [7, 11) is -4.80. The zero-order valence-corrected chi connectivity index (χ0v) is 14.8. The topological polar surface area (TPSA) is 133 Å². The van der Waals surface area contributed by atoms with E-state index in [9.17, 15) is 18.0 Å². The summed E-state index contributed by atoms with van der Waals surface area (Å²) in [4.78, 5) is 26.2. The Morgan fingerprint density at radius 1 is 1.42 bits per heavy atom. The number of carbonyl (C=O) groups excluding carboxylic acids is 2. The lowest BCUT2D eigenvalue weighted by Gasteiger charge is -2.34. The molecule has 2 fully saturated rings. The van der Waals surface area contributed by atoms with Gasteiger partial charge in [-0.1, -0.05) is 13.8 Å². The molecule has 138 valence electrons. The largest absolute Gasteiger partial charge is 0.418 e. The van der Waals surface area contributed by atoms with Crippen molar-refractivity contribution in [2.45, 2.75) is 58.2 Å². The van der Waals surface area contributed by atoms with Crippen LogP contribution in [0.25, 0.3) is 0 Å². The second-order valence-electron chi connectivity index (χ2n) is 6.73. The lowest BCUT2D eigenvalue weighted by atomic mass is 9.99. The second-order valence-corrected chi connectivity index (χ2v) is 7.74. The number of hydrogen-bond donors (Lipinski definition) is 2. The van der Waals surface area contributed by atoms with Gasteiger partial charge in [-0.3, -0.25) is 14.4 Å². The number of urea groups is 1. The number of fused-ring (bicyclic) bond motifs is 2. The van der Waals surface area contributed by atoms with Gasteiger partial charge < -0.3 is 4.90 Å². The minimum absolute atomic E-state index is 0.150. The van der Waals surface area contributed by atoms with Gasteiger partial charge in [0.25, 0.3) is 5.91 Å². The van der Waals surface area contributed by atoms with Crippen LogP contribution in [0.5, 0.6) is 0 Å². The molecule has 0 spiro atoms. The highest BCUT2D eigenvalue weighted by atomic mass is 32.3. The van der Waals surface area contributed by atoms with Gasteiger partial charge in [0.05, 0.1) is 6.04 Å². The molecule has 10 nitrogen and oxygen atoms in total. The Kier molecular flexibility index (Phi) is 5.37. The third-order valence-electron chi connectivity index (χ3n) is 4.32. The van der Waals surface area contributed by atoms with Gasteiger partial charge in [-0.25, -0.2) is 10.6 Å². The number of nitrogens with two attached hydrogens (primary N) is 1. The average Bonchev–Trinajstić information content (AvgIpc) is 2.69. The van der Waals surface area contributed by atoms with E-state index in [1.54, 1.807) is 0 Å². The van der Waals surface area contributed by atoms with E-state index in [0.717, 1.165) is 11.4 Å². The van der Waals surface area contributed by atoms with E-state index >= 15 is 0 Å². The summed E-state index contributed by atoms with van der Waals surface area (Å²) in [5, 5.41) is 1.76. The summed E-state index contributed by atoms with van der Waals surface area (Å²) in [5.74, 6) is 5.89. The van der Waals surface area contributed by atoms with Crippen LogP contribution in [-0.2, 0) is 19.5 Å². The molecule has 0 aromatic rings. The van der Waals surface area contributed by atoms with Crippen molar-refractivity contribution in [2.24, 2.45) is 11.8 Å². The zero-order chi connectivity index (χ0) is 18.2. The monoisotopic (exact) mass is 364 g/mol. The Bertz CT molecular complexity index is 610. The van der Waals surface area contributed by atoms with Crippen molar-refractivity contribution in [3.8, 4) is 0 Å². The van der Waals surface area contributed by atoms with Crippen molar-refractivity contribution in [3.63, 3.8) is 0 Å². The first kappa shape index (κ1) is 18.9. The molecule has 2 bridgehead atoms. The number of rotatable bonds is 6. The molecule has 2 saturated heterocycles. The van der Waals surface area contributed by atoms with Crippen molar-refractivity contribution < 1.29 is 26.8 Å². The molecule has 11 heteroatoms. The number of piperidine rings is 1. The van der Waals surface area contributed by atoms with E-state index in [-0.39, 0.29) is 18.5 Å². The van der Waals surface area contributed by atoms with Gasteiger partial charge in [-0.05, 0) is 32.1 Å². The molecule has 2 rings (SSSR count). The van der Waals surface area contributed by atoms with Gasteiger partial charge in [0, 0.05) is 12.6 Å². The molecule has 1 unspecified atom stereocenters. The number of nitrogens with zero attached hydrogens (tertiary/aromatic N) is 3. The molecular weight excluding hydrogens is 340 g/mol. The Morgan fingerprint density at radius 2 is 2.04 bits per heavy atom. The average molecular weight is 364 g/mol. The van der Waals surface area contributed by atoms with Crippen molar-refractivity contribution in [2.75, 3.05) is 6.54 Å². The smallest absolute Gasteiger partial charge is 0.309 e. The number of hydrazine groups is 1. The Morgan fingerprint density at radius 3 is 2.58 bits per heavy atom. The molecule has 2 aliphatic rings. The van der Waals surface area contributed by atoms with Crippen LogP contribution in [0.1, 0.15) is 40.0 Å². The van der Waals surface area contributed by atoms with Crippen LogP contribution in [0.15, 0.2) is 0 Å². The van der Waals surface area contributed by atoms with Crippen molar-refractivity contribution in [1.82, 2.24) is 15.0 Å². The van der Waals surface area contributed by atoms with Crippen LogP contribution < -0.4 is 5.84 Å². The summed E-state index contributed by atoms with van der Waals surface area (Å²) < 4.78 is 34.8. The number of carbonyl (C=O) groups is 2.